The minimum atomic E-state index is -0.822. The molecule has 1 aliphatic rings. The number of hydrogen-bond acceptors (Lipinski definition) is 5. The third-order valence-corrected chi connectivity index (χ3v) is 6.10. The Morgan fingerprint density at radius 3 is 2.47 bits per heavy atom. The molecule has 4 rings (SSSR count). The van der Waals surface area contributed by atoms with E-state index in [1.807, 2.05) is 38.1 Å². The number of barbiturate groups is 1. The Balaban J connectivity index is 1.65. The van der Waals surface area contributed by atoms with Crippen molar-refractivity contribution < 1.29 is 23.9 Å². The second-order valence-corrected chi connectivity index (χ2v) is 9.30. The molecule has 0 unspecified atom stereocenters. The number of anilines is 1. The van der Waals surface area contributed by atoms with Crippen LogP contribution in [0.1, 0.15) is 23.6 Å². The molecule has 9 heteroatoms. The van der Waals surface area contributed by atoms with Gasteiger partial charge >= 0.3 is 6.03 Å². The van der Waals surface area contributed by atoms with Crippen LogP contribution in [0.4, 0.5) is 10.5 Å². The van der Waals surface area contributed by atoms with Gasteiger partial charge in [-0.2, -0.15) is 0 Å². The average molecular weight is 570 g/mol. The van der Waals surface area contributed by atoms with Crippen LogP contribution in [-0.4, -0.2) is 24.5 Å². The standard InChI is InChI=1S/C27H22BrClN2O5/c1-3-35-23-14-18(13-22(29)24(23)36-15-17-6-4-5-16(2)11-17)12-21-25(32)30-27(34)31(26(21)33)20-9-7-19(28)8-10-20/h4-14H,3,15H2,1-2H3,(H,30,32,34)/b21-12+. The number of nitrogens with zero attached hydrogens (tertiary/aromatic N) is 1. The van der Waals surface area contributed by atoms with Crippen molar-refractivity contribution in [2.24, 2.45) is 0 Å². The van der Waals surface area contributed by atoms with Crippen molar-refractivity contribution in [3.05, 3.63) is 92.4 Å². The molecule has 0 aliphatic carbocycles. The predicted octanol–water partition coefficient (Wildman–Crippen LogP) is 6.06. The Hall–Kier alpha value is -3.62. The number of halogens is 2. The third-order valence-electron chi connectivity index (χ3n) is 5.29. The van der Waals surface area contributed by atoms with E-state index in [4.69, 9.17) is 21.1 Å². The highest BCUT2D eigenvalue weighted by Crippen LogP contribution is 2.38. The molecular weight excluding hydrogens is 548 g/mol. The number of rotatable bonds is 7. The normalized spacial score (nSPS) is 14.7. The van der Waals surface area contributed by atoms with Crippen LogP contribution in [0.3, 0.4) is 0 Å². The predicted molar refractivity (Wildman–Crippen MR) is 141 cm³/mol. The Labute approximate surface area is 221 Å². The fraction of sp³-hybridized carbons (Fsp3) is 0.148. The summed E-state index contributed by atoms with van der Waals surface area (Å²) in [5.41, 5.74) is 2.63. The maximum atomic E-state index is 13.2. The number of amides is 4. The molecule has 0 saturated carbocycles. The number of hydrogen-bond donors (Lipinski definition) is 1. The summed E-state index contributed by atoms with van der Waals surface area (Å²) in [7, 11) is 0. The van der Waals surface area contributed by atoms with Crippen LogP contribution in [0.5, 0.6) is 11.5 Å². The molecule has 36 heavy (non-hydrogen) atoms. The van der Waals surface area contributed by atoms with Gasteiger partial charge in [-0.15, -0.1) is 0 Å². The first-order valence-corrected chi connectivity index (χ1v) is 12.3. The van der Waals surface area contributed by atoms with Crippen LogP contribution in [0.2, 0.25) is 5.02 Å². The van der Waals surface area contributed by atoms with Crippen LogP contribution in [0.25, 0.3) is 6.08 Å². The van der Waals surface area contributed by atoms with Crippen LogP contribution >= 0.6 is 27.5 Å². The van der Waals surface area contributed by atoms with Gasteiger partial charge in [0.15, 0.2) is 11.5 Å². The van der Waals surface area contributed by atoms with Gasteiger partial charge in [0.05, 0.1) is 17.3 Å². The molecule has 1 heterocycles. The highest BCUT2D eigenvalue weighted by Gasteiger charge is 2.36. The van der Waals surface area contributed by atoms with Gasteiger partial charge in [0, 0.05) is 4.47 Å². The van der Waals surface area contributed by atoms with Crippen molar-refractivity contribution >= 4 is 57.1 Å². The lowest BCUT2D eigenvalue weighted by atomic mass is 10.1. The number of benzene rings is 3. The molecular formula is C27H22BrClN2O5. The second-order valence-electron chi connectivity index (χ2n) is 7.97. The lowest BCUT2D eigenvalue weighted by Gasteiger charge is -2.26. The molecule has 1 fully saturated rings. The zero-order valence-corrected chi connectivity index (χ0v) is 21.9. The quantitative estimate of drug-likeness (QED) is 0.276. The largest absolute Gasteiger partial charge is 0.490 e. The van der Waals surface area contributed by atoms with Crippen LogP contribution in [0, 0.1) is 6.92 Å². The van der Waals surface area contributed by atoms with Crippen molar-refractivity contribution in [3.63, 3.8) is 0 Å². The van der Waals surface area contributed by atoms with Crippen molar-refractivity contribution in [2.45, 2.75) is 20.5 Å². The van der Waals surface area contributed by atoms with E-state index in [0.717, 1.165) is 20.5 Å². The summed E-state index contributed by atoms with van der Waals surface area (Å²) in [5.74, 6) is -0.825. The number of urea groups is 1. The lowest BCUT2D eigenvalue weighted by molar-refractivity contribution is -0.122. The molecule has 0 aromatic heterocycles. The molecule has 3 aromatic carbocycles. The Bertz CT molecular complexity index is 1370. The van der Waals surface area contributed by atoms with E-state index in [2.05, 4.69) is 21.2 Å². The summed E-state index contributed by atoms with van der Waals surface area (Å²) in [5, 5.41) is 2.46. The van der Waals surface area contributed by atoms with Gasteiger partial charge in [-0.3, -0.25) is 14.9 Å². The van der Waals surface area contributed by atoms with Crippen molar-refractivity contribution in [3.8, 4) is 11.5 Å². The zero-order valence-electron chi connectivity index (χ0n) is 19.5. The summed E-state index contributed by atoms with van der Waals surface area (Å²) in [6.45, 7) is 4.46. The van der Waals surface area contributed by atoms with E-state index in [1.165, 1.54) is 6.08 Å². The molecule has 4 amide bonds. The summed E-state index contributed by atoms with van der Waals surface area (Å²) >= 11 is 9.85. The van der Waals surface area contributed by atoms with E-state index < -0.39 is 17.8 Å². The molecule has 1 N–H and O–H groups in total. The molecule has 0 spiro atoms. The number of ether oxygens (including phenoxy) is 2. The number of aryl methyl sites for hydroxylation is 1. The summed E-state index contributed by atoms with van der Waals surface area (Å²) < 4.78 is 12.5. The molecule has 3 aromatic rings. The SMILES string of the molecule is CCOc1cc(/C=C2\C(=O)NC(=O)N(c3ccc(Br)cc3)C2=O)cc(Cl)c1OCc1cccc(C)c1. The molecule has 7 nitrogen and oxygen atoms in total. The van der Waals surface area contributed by atoms with Gasteiger partial charge < -0.3 is 9.47 Å². The summed E-state index contributed by atoms with van der Waals surface area (Å²) in [6, 6.07) is 16.9. The van der Waals surface area contributed by atoms with Crippen LogP contribution in [0.15, 0.2) is 70.7 Å². The molecule has 184 valence electrons. The van der Waals surface area contributed by atoms with E-state index in [9.17, 15) is 14.4 Å². The molecule has 1 aliphatic heterocycles. The first kappa shape index (κ1) is 25.5. The number of nitrogens with one attached hydrogen (secondary N) is 1. The Morgan fingerprint density at radius 1 is 1.03 bits per heavy atom. The molecule has 0 bridgehead atoms. The first-order valence-electron chi connectivity index (χ1n) is 11.1. The van der Waals surface area contributed by atoms with E-state index in [0.29, 0.717) is 29.4 Å². The van der Waals surface area contributed by atoms with Crippen molar-refractivity contribution in [2.75, 3.05) is 11.5 Å². The van der Waals surface area contributed by atoms with Crippen LogP contribution < -0.4 is 19.7 Å². The zero-order chi connectivity index (χ0) is 25.8. The smallest absolute Gasteiger partial charge is 0.335 e. The van der Waals surface area contributed by atoms with Gasteiger partial charge in [0.25, 0.3) is 11.8 Å². The van der Waals surface area contributed by atoms with Gasteiger partial charge in [-0.05, 0) is 67.4 Å². The Morgan fingerprint density at radius 2 is 1.78 bits per heavy atom. The molecule has 0 radical (unpaired) electrons. The van der Waals surface area contributed by atoms with E-state index in [1.54, 1.807) is 36.4 Å². The van der Waals surface area contributed by atoms with Crippen LogP contribution in [-0.2, 0) is 16.2 Å². The van der Waals surface area contributed by atoms with E-state index >= 15 is 0 Å². The van der Waals surface area contributed by atoms with Crippen molar-refractivity contribution in [1.29, 1.82) is 0 Å². The van der Waals surface area contributed by atoms with Gasteiger partial charge in [0.2, 0.25) is 0 Å². The second kappa shape index (κ2) is 11.0. The first-order chi connectivity index (χ1) is 17.3. The highest BCUT2D eigenvalue weighted by molar-refractivity contribution is 9.10. The highest BCUT2D eigenvalue weighted by atomic mass is 79.9. The monoisotopic (exact) mass is 568 g/mol. The third kappa shape index (κ3) is 5.61. The topological polar surface area (TPSA) is 84.9 Å². The van der Waals surface area contributed by atoms with Crippen molar-refractivity contribution in [1.82, 2.24) is 5.32 Å². The minimum Gasteiger partial charge on any atom is -0.490 e. The molecule has 1 saturated heterocycles. The number of carbonyl (C=O) groups is 3. The maximum Gasteiger partial charge on any atom is 0.335 e. The van der Waals surface area contributed by atoms with E-state index in [-0.39, 0.29) is 17.2 Å². The maximum absolute atomic E-state index is 13.2. The summed E-state index contributed by atoms with van der Waals surface area (Å²) in [4.78, 5) is 39.0. The Kier molecular flexibility index (Phi) is 7.76. The fourth-order valence-electron chi connectivity index (χ4n) is 3.68. The summed E-state index contributed by atoms with van der Waals surface area (Å²) in [6.07, 6.45) is 1.37. The average Bonchev–Trinajstić information content (AvgIpc) is 2.82. The number of carbonyl (C=O) groups excluding carboxylic acids is 3. The lowest BCUT2D eigenvalue weighted by Crippen LogP contribution is -2.54. The number of imide groups is 2. The van der Waals surface area contributed by atoms with Gasteiger partial charge in [-0.25, -0.2) is 9.69 Å². The fourth-order valence-corrected chi connectivity index (χ4v) is 4.22. The molecule has 0 atom stereocenters. The minimum absolute atomic E-state index is 0.218. The van der Waals surface area contributed by atoms with Gasteiger partial charge in [-0.1, -0.05) is 57.4 Å². The van der Waals surface area contributed by atoms with Gasteiger partial charge in [0.1, 0.15) is 12.2 Å².